The van der Waals surface area contributed by atoms with Crippen LogP contribution < -0.4 is 5.32 Å². The molecule has 1 unspecified atom stereocenters. The summed E-state index contributed by atoms with van der Waals surface area (Å²) in [5, 5.41) is 21.7. The van der Waals surface area contributed by atoms with Crippen molar-refractivity contribution in [1.29, 1.82) is 0 Å². The van der Waals surface area contributed by atoms with Crippen molar-refractivity contribution in [3.05, 3.63) is 35.4 Å². The van der Waals surface area contributed by atoms with Gasteiger partial charge in [0.2, 0.25) is 5.91 Å². The molecule has 0 aliphatic rings. The van der Waals surface area contributed by atoms with Gasteiger partial charge in [0.05, 0.1) is 18.8 Å². The third kappa shape index (κ3) is 4.27. The van der Waals surface area contributed by atoms with E-state index in [4.69, 9.17) is 0 Å². The van der Waals surface area contributed by atoms with Crippen LogP contribution in [0.15, 0.2) is 24.3 Å². The van der Waals surface area contributed by atoms with Gasteiger partial charge in [0.1, 0.15) is 6.04 Å². The summed E-state index contributed by atoms with van der Waals surface area (Å²) in [6.07, 6.45) is 0.458. The summed E-state index contributed by atoms with van der Waals surface area (Å²) >= 11 is 0. The molecule has 1 aromatic carbocycles. The van der Waals surface area contributed by atoms with Crippen LogP contribution in [0.3, 0.4) is 0 Å². The number of nitrogens with one attached hydrogen (secondary N) is 1. The quantitative estimate of drug-likeness (QED) is 0.697. The SMILES string of the molecule is CCC(CO)(CO)NC(=O)C(c1ccc(C)cc1)N(C)C. The standard InChI is InChI=1S/C16H26N2O3/c1-5-16(10-19,11-20)17-15(21)14(18(3)4)13-8-6-12(2)7-9-13/h6-9,14,19-20H,5,10-11H2,1-4H3,(H,17,21). The van der Waals surface area contributed by atoms with E-state index in [0.29, 0.717) is 6.42 Å². The van der Waals surface area contributed by atoms with Crippen molar-refractivity contribution < 1.29 is 15.0 Å². The fourth-order valence-corrected chi connectivity index (χ4v) is 2.20. The normalized spacial score (nSPS) is 13.3. The van der Waals surface area contributed by atoms with Crippen LogP contribution in [-0.4, -0.2) is 53.9 Å². The zero-order valence-corrected chi connectivity index (χ0v) is 13.3. The monoisotopic (exact) mass is 294 g/mol. The van der Waals surface area contributed by atoms with E-state index in [1.165, 1.54) is 0 Å². The van der Waals surface area contributed by atoms with Crippen LogP contribution in [-0.2, 0) is 4.79 Å². The number of carbonyl (C=O) groups is 1. The molecule has 0 saturated heterocycles. The zero-order valence-electron chi connectivity index (χ0n) is 13.3. The third-order valence-corrected chi connectivity index (χ3v) is 3.83. The summed E-state index contributed by atoms with van der Waals surface area (Å²) in [5.74, 6) is -0.228. The van der Waals surface area contributed by atoms with Crippen LogP contribution in [0.25, 0.3) is 0 Å². The Hall–Kier alpha value is -1.43. The number of benzene rings is 1. The van der Waals surface area contributed by atoms with E-state index >= 15 is 0 Å². The lowest BCUT2D eigenvalue weighted by Crippen LogP contribution is -2.56. The van der Waals surface area contributed by atoms with E-state index in [-0.39, 0.29) is 19.1 Å². The first kappa shape index (κ1) is 17.6. The Morgan fingerprint density at radius 2 is 1.76 bits per heavy atom. The minimum absolute atomic E-state index is 0.228. The highest BCUT2D eigenvalue weighted by Gasteiger charge is 2.32. The number of nitrogens with zero attached hydrogens (tertiary/aromatic N) is 1. The number of carbonyl (C=O) groups excluding carboxylic acids is 1. The van der Waals surface area contributed by atoms with Crippen LogP contribution in [0, 0.1) is 6.92 Å². The second kappa shape index (κ2) is 7.54. The third-order valence-electron chi connectivity index (χ3n) is 3.83. The van der Waals surface area contributed by atoms with Crippen LogP contribution >= 0.6 is 0 Å². The maximum Gasteiger partial charge on any atom is 0.242 e. The molecular weight excluding hydrogens is 268 g/mol. The molecule has 1 amide bonds. The van der Waals surface area contributed by atoms with E-state index in [9.17, 15) is 15.0 Å². The molecule has 0 fully saturated rings. The van der Waals surface area contributed by atoms with Crippen LogP contribution in [0.2, 0.25) is 0 Å². The van der Waals surface area contributed by atoms with Gasteiger partial charge in [0, 0.05) is 0 Å². The Morgan fingerprint density at radius 3 is 2.14 bits per heavy atom. The molecule has 0 radical (unpaired) electrons. The largest absolute Gasteiger partial charge is 0.394 e. The molecular formula is C16H26N2O3. The summed E-state index contributed by atoms with van der Waals surface area (Å²) in [6, 6.07) is 7.31. The molecule has 1 atom stereocenters. The number of amides is 1. The second-order valence-corrected chi connectivity index (χ2v) is 5.72. The topological polar surface area (TPSA) is 72.8 Å². The van der Waals surface area contributed by atoms with E-state index in [2.05, 4.69) is 5.32 Å². The van der Waals surface area contributed by atoms with E-state index in [1.807, 2.05) is 57.1 Å². The van der Waals surface area contributed by atoms with Crippen LogP contribution in [0.4, 0.5) is 0 Å². The summed E-state index contributed by atoms with van der Waals surface area (Å²) < 4.78 is 0. The van der Waals surface area contributed by atoms with Crippen molar-refractivity contribution in [3.63, 3.8) is 0 Å². The molecule has 0 aliphatic carbocycles. The van der Waals surface area contributed by atoms with Crippen molar-refractivity contribution in [1.82, 2.24) is 10.2 Å². The number of rotatable bonds is 7. The average Bonchev–Trinajstić information content (AvgIpc) is 2.47. The van der Waals surface area contributed by atoms with Gasteiger partial charge in [-0.15, -0.1) is 0 Å². The Labute approximate surface area is 126 Å². The number of aliphatic hydroxyl groups excluding tert-OH is 2. The highest BCUT2D eigenvalue weighted by Crippen LogP contribution is 2.21. The second-order valence-electron chi connectivity index (χ2n) is 5.72. The Kier molecular flexibility index (Phi) is 6.33. The highest BCUT2D eigenvalue weighted by molar-refractivity contribution is 5.84. The van der Waals surface area contributed by atoms with Crippen LogP contribution in [0.5, 0.6) is 0 Å². The van der Waals surface area contributed by atoms with Gasteiger partial charge in [-0.2, -0.15) is 0 Å². The molecule has 118 valence electrons. The molecule has 0 aliphatic heterocycles. The van der Waals surface area contributed by atoms with Gasteiger partial charge in [-0.3, -0.25) is 9.69 Å². The number of hydrogen-bond acceptors (Lipinski definition) is 4. The summed E-state index contributed by atoms with van der Waals surface area (Å²) in [7, 11) is 3.66. The van der Waals surface area contributed by atoms with Crippen LogP contribution in [0.1, 0.15) is 30.5 Å². The Morgan fingerprint density at radius 1 is 1.24 bits per heavy atom. The minimum atomic E-state index is -0.976. The molecule has 3 N–H and O–H groups in total. The van der Waals surface area contributed by atoms with Gasteiger partial charge < -0.3 is 15.5 Å². The van der Waals surface area contributed by atoms with E-state index in [1.54, 1.807) is 0 Å². The smallest absolute Gasteiger partial charge is 0.242 e. The summed E-state index contributed by atoms with van der Waals surface area (Å²) in [5.41, 5.74) is 1.03. The molecule has 1 aromatic rings. The van der Waals surface area contributed by atoms with Crippen molar-refractivity contribution in [3.8, 4) is 0 Å². The van der Waals surface area contributed by atoms with E-state index in [0.717, 1.165) is 11.1 Å². The number of aliphatic hydroxyl groups is 2. The predicted molar refractivity (Wildman–Crippen MR) is 82.9 cm³/mol. The van der Waals surface area contributed by atoms with Crippen molar-refractivity contribution in [2.75, 3.05) is 27.3 Å². The molecule has 1 rings (SSSR count). The molecule has 0 aromatic heterocycles. The van der Waals surface area contributed by atoms with Crippen molar-refractivity contribution in [2.24, 2.45) is 0 Å². The maximum absolute atomic E-state index is 12.6. The Bertz CT molecular complexity index is 445. The number of hydrogen-bond donors (Lipinski definition) is 3. The van der Waals surface area contributed by atoms with Gasteiger partial charge in [-0.25, -0.2) is 0 Å². The van der Waals surface area contributed by atoms with Crippen molar-refractivity contribution in [2.45, 2.75) is 31.8 Å². The molecule has 5 nitrogen and oxygen atoms in total. The lowest BCUT2D eigenvalue weighted by molar-refractivity contribution is -0.129. The lowest BCUT2D eigenvalue weighted by Gasteiger charge is -2.33. The first-order chi connectivity index (χ1) is 9.89. The highest BCUT2D eigenvalue weighted by atomic mass is 16.3. The Balaban J connectivity index is 3.01. The number of aryl methyl sites for hydroxylation is 1. The predicted octanol–water partition coefficient (Wildman–Crippen LogP) is 0.847. The zero-order chi connectivity index (χ0) is 16.0. The molecule has 0 spiro atoms. The first-order valence-corrected chi connectivity index (χ1v) is 7.16. The average molecular weight is 294 g/mol. The van der Waals surface area contributed by atoms with E-state index < -0.39 is 11.6 Å². The summed E-state index contributed by atoms with van der Waals surface area (Å²) in [6.45, 7) is 3.23. The molecule has 0 saturated carbocycles. The fraction of sp³-hybridized carbons (Fsp3) is 0.562. The minimum Gasteiger partial charge on any atom is -0.394 e. The summed E-state index contributed by atoms with van der Waals surface area (Å²) in [4.78, 5) is 14.4. The number of likely N-dealkylation sites (N-methyl/N-ethyl adjacent to an activating group) is 1. The molecule has 0 bridgehead atoms. The lowest BCUT2D eigenvalue weighted by atomic mass is 9.96. The van der Waals surface area contributed by atoms with Gasteiger partial charge >= 0.3 is 0 Å². The van der Waals surface area contributed by atoms with Gasteiger partial charge in [0.15, 0.2) is 0 Å². The van der Waals surface area contributed by atoms with Gasteiger partial charge in [-0.1, -0.05) is 36.8 Å². The molecule has 21 heavy (non-hydrogen) atoms. The first-order valence-electron chi connectivity index (χ1n) is 7.16. The molecule has 0 heterocycles. The van der Waals surface area contributed by atoms with Gasteiger partial charge in [0.25, 0.3) is 0 Å². The fourth-order valence-electron chi connectivity index (χ4n) is 2.20. The van der Waals surface area contributed by atoms with Gasteiger partial charge in [-0.05, 0) is 33.0 Å². The molecule has 5 heteroatoms. The maximum atomic E-state index is 12.6. The van der Waals surface area contributed by atoms with Crippen molar-refractivity contribution >= 4 is 5.91 Å².